The highest BCUT2D eigenvalue weighted by molar-refractivity contribution is 7.92. The smallest absolute Gasteiger partial charge is 0.264 e. The molecule has 0 saturated heterocycles. The number of hydrogen-bond acceptors (Lipinski definition) is 4. The third-order valence-electron chi connectivity index (χ3n) is 7.23. The summed E-state index contributed by atoms with van der Waals surface area (Å²) >= 11 is 6.43. The van der Waals surface area contributed by atoms with E-state index in [0.717, 1.165) is 26.6 Å². The minimum Gasteiger partial charge on any atom is -0.352 e. The Bertz CT molecular complexity index is 1680. The molecule has 0 radical (unpaired) electrons. The van der Waals surface area contributed by atoms with E-state index in [1.165, 1.54) is 17.0 Å². The van der Waals surface area contributed by atoms with E-state index < -0.39 is 28.5 Å². The van der Waals surface area contributed by atoms with Crippen molar-refractivity contribution in [2.24, 2.45) is 0 Å². The number of nitrogens with one attached hydrogen (secondary N) is 1. The third-order valence-corrected chi connectivity index (χ3v) is 9.42. The molecule has 230 valence electrons. The Morgan fingerprint density at radius 3 is 2.02 bits per heavy atom. The van der Waals surface area contributed by atoms with Gasteiger partial charge in [-0.05, 0) is 68.7 Å². The topological polar surface area (TPSA) is 86.8 Å². The second kappa shape index (κ2) is 14.6. The summed E-state index contributed by atoms with van der Waals surface area (Å²) < 4.78 is 29.2. The van der Waals surface area contributed by atoms with Gasteiger partial charge in [-0.3, -0.25) is 13.9 Å². The fraction of sp³-hybridized carbons (Fsp3) is 0.257. The Balaban J connectivity index is 1.81. The van der Waals surface area contributed by atoms with Gasteiger partial charge in [-0.2, -0.15) is 0 Å². The first-order chi connectivity index (χ1) is 21.0. The monoisotopic (exact) mass is 631 g/mol. The van der Waals surface area contributed by atoms with Gasteiger partial charge in [0.05, 0.1) is 10.6 Å². The third kappa shape index (κ3) is 8.27. The van der Waals surface area contributed by atoms with Crippen molar-refractivity contribution in [2.45, 2.75) is 57.6 Å². The Hall–Kier alpha value is -4.14. The molecular weight excluding hydrogens is 594 g/mol. The maximum atomic E-state index is 14.5. The quantitative estimate of drug-likeness (QED) is 0.198. The number of sulfonamides is 1. The molecule has 0 aliphatic rings. The van der Waals surface area contributed by atoms with Crippen LogP contribution in [-0.2, 0) is 32.6 Å². The van der Waals surface area contributed by atoms with Crippen LogP contribution in [0.2, 0.25) is 5.02 Å². The van der Waals surface area contributed by atoms with Gasteiger partial charge in [-0.25, -0.2) is 8.42 Å². The number of anilines is 1. The van der Waals surface area contributed by atoms with Gasteiger partial charge in [0.15, 0.2) is 0 Å². The summed E-state index contributed by atoms with van der Waals surface area (Å²) in [6.07, 6.45) is 0.249. The summed E-state index contributed by atoms with van der Waals surface area (Å²) in [5.41, 5.74) is 3.77. The lowest BCUT2D eigenvalue weighted by Gasteiger charge is -2.34. The Labute approximate surface area is 265 Å². The number of benzene rings is 4. The first-order valence-corrected chi connectivity index (χ1v) is 16.3. The van der Waals surface area contributed by atoms with Crippen molar-refractivity contribution in [3.63, 3.8) is 0 Å². The van der Waals surface area contributed by atoms with Gasteiger partial charge in [0.2, 0.25) is 11.8 Å². The van der Waals surface area contributed by atoms with Crippen LogP contribution in [0.15, 0.2) is 108 Å². The molecule has 2 amide bonds. The molecule has 0 aliphatic carbocycles. The van der Waals surface area contributed by atoms with E-state index in [-0.39, 0.29) is 35.5 Å². The number of aryl methyl sites for hydroxylation is 2. The van der Waals surface area contributed by atoms with Gasteiger partial charge in [-0.15, -0.1) is 0 Å². The first-order valence-electron chi connectivity index (χ1n) is 14.5. The number of amides is 2. The molecule has 0 aromatic heterocycles. The summed E-state index contributed by atoms with van der Waals surface area (Å²) in [6, 6.07) is 29.0. The Morgan fingerprint density at radius 2 is 1.43 bits per heavy atom. The maximum absolute atomic E-state index is 14.5. The van der Waals surface area contributed by atoms with Crippen LogP contribution in [-0.4, -0.2) is 43.8 Å². The average molecular weight is 632 g/mol. The molecule has 0 bridgehead atoms. The zero-order valence-corrected chi connectivity index (χ0v) is 27.0. The number of carbonyl (C=O) groups excluding carboxylic acids is 2. The molecule has 0 saturated carbocycles. The summed E-state index contributed by atoms with van der Waals surface area (Å²) in [7, 11) is -4.19. The molecule has 0 fully saturated rings. The molecule has 44 heavy (non-hydrogen) atoms. The molecule has 4 aromatic rings. The minimum absolute atomic E-state index is 0.0352. The predicted octanol–water partition coefficient (Wildman–Crippen LogP) is 6.32. The van der Waals surface area contributed by atoms with Gasteiger partial charge in [0.25, 0.3) is 10.0 Å². The highest BCUT2D eigenvalue weighted by atomic mass is 35.5. The van der Waals surface area contributed by atoms with E-state index in [1.54, 1.807) is 36.4 Å². The molecular formula is C35H38ClN3O4S. The lowest BCUT2D eigenvalue weighted by molar-refractivity contribution is -0.140. The van der Waals surface area contributed by atoms with E-state index in [9.17, 15) is 18.0 Å². The summed E-state index contributed by atoms with van der Waals surface area (Å²) in [4.78, 5) is 29.7. The number of carbonyl (C=O) groups is 2. The van der Waals surface area contributed by atoms with Crippen molar-refractivity contribution < 1.29 is 18.0 Å². The van der Waals surface area contributed by atoms with E-state index >= 15 is 0 Å². The average Bonchev–Trinajstić information content (AvgIpc) is 3.00. The fourth-order valence-corrected chi connectivity index (χ4v) is 6.41. The highest BCUT2D eigenvalue weighted by Crippen LogP contribution is 2.29. The van der Waals surface area contributed by atoms with E-state index in [2.05, 4.69) is 5.32 Å². The molecule has 7 nitrogen and oxygen atoms in total. The molecule has 4 aromatic carbocycles. The van der Waals surface area contributed by atoms with Crippen molar-refractivity contribution >= 4 is 39.1 Å². The standard InChI is InChI=1S/C35H38ClN3O4S/c1-25(2)37-35(41)33(21-28-11-7-5-8-12-28)38(23-29-18-15-26(3)16-19-29)34(40)24-39(30-20-17-27(4)32(36)22-30)44(42,43)31-13-9-6-10-14-31/h5-20,22,25,33H,21,23-24H2,1-4H3,(H,37,41)/t33-/m1/s1. The zero-order valence-electron chi connectivity index (χ0n) is 25.4. The SMILES string of the molecule is Cc1ccc(CN(C(=O)CN(c2ccc(C)c(Cl)c2)S(=O)(=O)c2ccccc2)[C@H](Cc2ccccc2)C(=O)NC(C)C)cc1. The van der Waals surface area contributed by atoms with Crippen molar-refractivity contribution in [3.05, 3.63) is 130 Å². The highest BCUT2D eigenvalue weighted by Gasteiger charge is 2.35. The van der Waals surface area contributed by atoms with Crippen LogP contribution >= 0.6 is 11.6 Å². The van der Waals surface area contributed by atoms with Crippen molar-refractivity contribution in [1.29, 1.82) is 0 Å². The van der Waals surface area contributed by atoms with Gasteiger partial charge in [0, 0.05) is 24.0 Å². The lowest BCUT2D eigenvalue weighted by atomic mass is 10.0. The van der Waals surface area contributed by atoms with E-state index in [0.29, 0.717) is 5.02 Å². The van der Waals surface area contributed by atoms with Crippen LogP contribution in [0.4, 0.5) is 5.69 Å². The predicted molar refractivity (Wildman–Crippen MR) is 176 cm³/mol. The molecule has 1 atom stereocenters. The molecule has 9 heteroatoms. The second-order valence-corrected chi connectivity index (χ2v) is 13.4. The van der Waals surface area contributed by atoms with Crippen LogP contribution in [0.5, 0.6) is 0 Å². The molecule has 1 N–H and O–H groups in total. The molecule has 0 spiro atoms. The second-order valence-electron chi connectivity index (χ2n) is 11.1. The van der Waals surface area contributed by atoms with E-state index in [4.69, 9.17) is 11.6 Å². The number of rotatable bonds is 12. The molecule has 0 heterocycles. The van der Waals surface area contributed by atoms with Gasteiger partial charge >= 0.3 is 0 Å². The number of halogens is 1. The molecule has 0 aliphatic heterocycles. The first kappa shape index (κ1) is 32.8. The summed E-state index contributed by atoms with van der Waals surface area (Å²) in [6.45, 7) is 7.08. The largest absolute Gasteiger partial charge is 0.352 e. The van der Waals surface area contributed by atoms with Crippen LogP contribution < -0.4 is 9.62 Å². The minimum atomic E-state index is -4.19. The van der Waals surface area contributed by atoms with Crippen LogP contribution in [0, 0.1) is 13.8 Å². The van der Waals surface area contributed by atoms with Crippen molar-refractivity contribution in [3.8, 4) is 0 Å². The van der Waals surface area contributed by atoms with Crippen molar-refractivity contribution in [1.82, 2.24) is 10.2 Å². The fourth-order valence-electron chi connectivity index (χ4n) is 4.81. The van der Waals surface area contributed by atoms with Crippen LogP contribution in [0.1, 0.15) is 36.1 Å². The van der Waals surface area contributed by atoms with Gasteiger partial charge in [-0.1, -0.05) is 96.0 Å². The normalized spacial score (nSPS) is 12.0. The van der Waals surface area contributed by atoms with Gasteiger partial charge in [0.1, 0.15) is 12.6 Å². The lowest BCUT2D eigenvalue weighted by Crippen LogP contribution is -2.54. The number of hydrogen-bond donors (Lipinski definition) is 1. The van der Waals surface area contributed by atoms with Crippen LogP contribution in [0.3, 0.4) is 0 Å². The Morgan fingerprint density at radius 1 is 0.818 bits per heavy atom. The number of nitrogens with zero attached hydrogens (tertiary/aromatic N) is 2. The summed E-state index contributed by atoms with van der Waals surface area (Å²) in [5.74, 6) is -0.846. The van der Waals surface area contributed by atoms with Crippen molar-refractivity contribution in [2.75, 3.05) is 10.8 Å². The van der Waals surface area contributed by atoms with E-state index in [1.807, 2.05) is 82.3 Å². The molecule has 0 unspecified atom stereocenters. The summed E-state index contributed by atoms with van der Waals surface area (Å²) in [5, 5.41) is 3.34. The van der Waals surface area contributed by atoms with Crippen LogP contribution in [0.25, 0.3) is 0 Å². The van der Waals surface area contributed by atoms with Gasteiger partial charge < -0.3 is 10.2 Å². The molecule has 4 rings (SSSR count). The zero-order chi connectivity index (χ0) is 31.9. The maximum Gasteiger partial charge on any atom is 0.264 e. The Kier molecular flexibility index (Phi) is 10.8.